The fraction of sp³-hybridized carbons (Fsp3) is 0.900. The van der Waals surface area contributed by atoms with E-state index in [-0.39, 0.29) is 12.1 Å². The van der Waals surface area contributed by atoms with E-state index in [0.29, 0.717) is 0 Å². The topological polar surface area (TPSA) is 64.3 Å². The Bertz CT molecular complexity index is 250. The minimum absolute atomic E-state index is 0.0109. The number of nitrogens with one attached hydrogen (secondary N) is 1. The van der Waals surface area contributed by atoms with E-state index in [9.17, 15) is 18.0 Å². The molecule has 4 nitrogen and oxygen atoms in total. The molecule has 100 valence electrons. The molecule has 0 atom stereocenters. The summed E-state index contributed by atoms with van der Waals surface area (Å²) in [4.78, 5) is 11.2. The Morgan fingerprint density at radius 1 is 1.29 bits per heavy atom. The van der Waals surface area contributed by atoms with Crippen molar-refractivity contribution in [1.29, 1.82) is 0 Å². The molecule has 0 radical (unpaired) electrons. The van der Waals surface area contributed by atoms with E-state index in [1.807, 2.05) is 0 Å². The van der Waals surface area contributed by atoms with Gasteiger partial charge in [-0.05, 0) is 25.7 Å². The Morgan fingerprint density at radius 2 is 1.88 bits per heavy atom. The molecule has 1 rings (SSSR count). The van der Waals surface area contributed by atoms with Gasteiger partial charge < -0.3 is 15.8 Å². The van der Waals surface area contributed by atoms with Crippen LogP contribution in [0.5, 0.6) is 0 Å². The highest BCUT2D eigenvalue weighted by atomic mass is 19.4. The quantitative estimate of drug-likeness (QED) is 0.785. The molecule has 0 aromatic carbocycles. The van der Waals surface area contributed by atoms with E-state index in [0.717, 1.165) is 25.7 Å². The molecule has 1 saturated carbocycles. The number of ether oxygens (including phenoxy) is 1. The number of rotatable bonds is 4. The van der Waals surface area contributed by atoms with Crippen LogP contribution in [-0.4, -0.2) is 37.4 Å². The van der Waals surface area contributed by atoms with E-state index >= 15 is 0 Å². The van der Waals surface area contributed by atoms with Gasteiger partial charge in [0.15, 0.2) is 0 Å². The standard InChI is InChI=1S/C10H17F3N2O2/c11-10(12,13)6-17-5-9(16)15-8-3-1-7(14)2-4-8/h7-8H,1-6,14H2,(H,15,16). The van der Waals surface area contributed by atoms with E-state index in [1.165, 1.54) is 0 Å². The summed E-state index contributed by atoms with van der Waals surface area (Å²) in [6.07, 6.45) is -1.20. The van der Waals surface area contributed by atoms with Crippen LogP contribution in [0.3, 0.4) is 0 Å². The maximum absolute atomic E-state index is 11.7. The van der Waals surface area contributed by atoms with Crippen LogP contribution in [0, 0.1) is 0 Å². The summed E-state index contributed by atoms with van der Waals surface area (Å²) in [6.45, 7) is -1.95. The summed E-state index contributed by atoms with van der Waals surface area (Å²) < 4.78 is 39.5. The number of halogens is 3. The largest absolute Gasteiger partial charge is 0.411 e. The van der Waals surface area contributed by atoms with E-state index < -0.39 is 25.3 Å². The molecule has 0 aromatic heterocycles. The Kier molecular flexibility index (Phi) is 5.20. The second kappa shape index (κ2) is 6.20. The summed E-state index contributed by atoms with van der Waals surface area (Å²) in [5, 5.41) is 2.64. The average molecular weight is 254 g/mol. The van der Waals surface area contributed by atoms with Crippen molar-refractivity contribution in [1.82, 2.24) is 5.32 Å². The number of amides is 1. The fourth-order valence-corrected chi connectivity index (χ4v) is 1.79. The van der Waals surface area contributed by atoms with Gasteiger partial charge in [0, 0.05) is 12.1 Å². The molecular weight excluding hydrogens is 237 g/mol. The van der Waals surface area contributed by atoms with Crippen LogP contribution in [0.4, 0.5) is 13.2 Å². The van der Waals surface area contributed by atoms with Gasteiger partial charge in [-0.3, -0.25) is 4.79 Å². The Labute approximate surface area is 97.7 Å². The van der Waals surface area contributed by atoms with Crippen molar-refractivity contribution in [2.45, 2.75) is 43.9 Å². The third kappa shape index (κ3) is 6.48. The molecule has 0 unspecified atom stereocenters. The van der Waals surface area contributed by atoms with Crippen LogP contribution in [0.25, 0.3) is 0 Å². The van der Waals surface area contributed by atoms with Crippen LogP contribution in [0.1, 0.15) is 25.7 Å². The van der Waals surface area contributed by atoms with Gasteiger partial charge in [0.1, 0.15) is 13.2 Å². The molecule has 1 aliphatic rings. The lowest BCUT2D eigenvalue weighted by Gasteiger charge is -2.26. The lowest BCUT2D eigenvalue weighted by atomic mass is 9.92. The highest BCUT2D eigenvalue weighted by Gasteiger charge is 2.28. The first-order chi connectivity index (χ1) is 7.87. The average Bonchev–Trinajstić information content (AvgIpc) is 2.19. The second-order valence-corrected chi connectivity index (χ2v) is 4.29. The zero-order chi connectivity index (χ0) is 12.9. The predicted molar refractivity (Wildman–Crippen MR) is 55.2 cm³/mol. The lowest BCUT2D eigenvalue weighted by Crippen LogP contribution is -2.42. The Morgan fingerprint density at radius 3 is 2.41 bits per heavy atom. The third-order valence-corrected chi connectivity index (χ3v) is 2.64. The second-order valence-electron chi connectivity index (χ2n) is 4.29. The predicted octanol–water partition coefficient (Wildman–Crippen LogP) is 0.951. The first-order valence-corrected chi connectivity index (χ1v) is 5.56. The van der Waals surface area contributed by atoms with Crippen LogP contribution < -0.4 is 11.1 Å². The lowest BCUT2D eigenvalue weighted by molar-refractivity contribution is -0.175. The number of hydrogen-bond acceptors (Lipinski definition) is 3. The van der Waals surface area contributed by atoms with E-state index in [1.54, 1.807) is 0 Å². The highest BCUT2D eigenvalue weighted by Crippen LogP contribution is 2.17. The van der Waals surface area contributed by atoms with Crippen molar-refractivity contribution in [3.8, 4) is 0 Å². The molecule has 0 saturated heterocycles. The number of hydrogen-bond donors (Lipinski definition) is 2. The molecule has 3 N–H and O–H groups in total. The normalized spacial score (nSPS) is 25.6. The summed E-state index contributed by atoms with van der Waals surface area (Å²) in [5.41, 5.74) is 5.69. The van der Waals surface area contributed by atoms with Crippen molar-refractivity contribution in [2.75, 3.05) is 13.2 Å². The molecule has 0 heterocycles. The summed E-state index contributed by atoms with van der Waals surface area (Å²) >= 11 is 0. The molecule has 1 amide bonds. The van der Waals surface area contributed by atoms with Crippen LogP contribution in [-0.2, 0) is 9.53 Å². The van der Waals surface area contributed by atoms with Crippen molar-refractivity contribution in [3.63, 3.8) is 0 Å². The third-order valence-electron chi connectivity index (χ3n) is 2.64. The summed E-state index contributed by atoms with van der Waals surface area (Å²) in [7, 11) is 0. The van der Waals surface area contributed by atoms with Gasteiger partial charge in [0.25, 0.3) is 0 Å². The van der Waals surface area contributed by atoms with Gasteiger partial charge >= 0.3 is 6.18 Å². The van der Waals surface area contributed by atoms with Crippen molar-refractivity contribution in [3.05, 3.63) is 0 Å². The van der Waals surface area contributed by atoms with E-state index in [4.69, 9.17) is 5.73 Å². The summed E-state index contributed by atoms with van der Waals surface area (Å²) in [5.74, 6) is -0.505. The van der Waals surface area contributed by atoms with Crippen LogP contribution in [0.15, 0.2) is 0 Å². The molecule has 17 heavy (non-hydrogen) atoms. The van der Waals surface area contributed by atoms with Crippen molar-refractivity contribution >= 4 is 5.91 Å². The molecule has 0 bridgehead atoms. The maximum Gasteiger partial charge on any atom is 0.411 e. The maximum atomic E-state index is 11.7. The van der Waals surface area contributed by atoms with Gasteiger partial charge in [-0.15, -0.1) is 0 Å². The molecule has 1 aliphatic carbocycles. The monoisotopic (exact) mass is 254 g/mol. The number of nitrogens with two attached hydrogens (primary N) is 1. The molecular formula is C10H17F3N2O2. The smallest absolute Gasteiger partial charge is 0.362 e. The van der Waals surface area contributed by atoms with Crippen LogP contribution in [0.2, 0.25) is 0 Å². The first-order valence-electron chi connectivity index (χ1n) is 5.56. The Balaban J connectivity index is 2.13. The van der Waals surface area contributed by atoms with Crippen molar-refractivity contribution < 1.29 is 22.7 Å². The summed E-state index contributed by atoms with van der Waals surface area (Å²) in [6, 6.07) is 0.182. The van der Waals surface area contributed by atoms with Gasteiger partial charge in [-0.25, -0.2) is 0 Å². The zero-order valence-corrected chi connectivity index (χ0v) is 9.43. The number of carbonyl (C=O) groups is 1. The highest BCUT2D eigenvalue weighted by molar-refractivity contribution is 5.77. The Hall–Kier alpha value is -0.820. The molecule has 1 fully saturated rings. The number of carbonyl (C=O) groups excluding carboxylic acids is 1. The SMILES string of the molecule is NC1CCC(NC(=O)COCC(F)(F)F)CC1. The van der Waals surface area contributed by atoms with Crippen molar-refractivity contribution in [2.24, 2.45) is 5.73 Å². The molecule has 0 spiro atoms. The van der Waals surface area contributed by atoms with E-state index in [2.05, 4.69) is 10.1 Å². The molecule has 0 aromatic rings. The first kappa shape index (κ1) is 14.2. The molecule has 0 aliphatic heterocycles. The molecule has 7 heteroatoms. The van der Waals surface area contributed by atoms with Gasteiger partial charge in [-0.2, -0.15) is 13.2 Å². The van der Waals surface area contributed by atoms with Gasteiger partial charge in [0.2, 0.25) is 5.91 Å². The fourth-order valence-electron chi connectivity index (χ4n) is 1.79. The number of alkyl halides is 3. The van der Waals surface area contributed by atoms with Crippen LogP contribution >= 0.6 is 0 Å². The van der Waals surface area contributed by atoms with Gasteiger partial charge in [-0.1, -0.05) is 0 Å². The minimum atomic E-state index is -4.39. The minimum Gasteiger partial charge on any atom is -0.362 e. The zero-order valence-electron chi connectivity index (χ0n) is 9.43. The van der Waals surface area contributed by atoms with Gasteiger partial charge in [0.05, 0.1) is 0 Å².